The first-order valence-electron chi connectivity index (χ1n) is 6.65. The molecule has 0 unspecified atom stereocenters. The summed E-state index contributed by atoms with van der Waals surface area (Å²) in [4.78, 5) is 35.5. The molecule has 0 spiro atoms. The highest BCUT2D eigenvalue weighted by molar-refractivity contribution is 9.10. The van der Waals surface area contributed by atoms with Crippen molar-refractivity contribution in [2.75, 3.05) is 11.1 Å². The van der Waals surface area contributed by atoms with E-state index >= 15 is 0 Å². The summed E-state index contributed by atoms with van der Waals surface area (Å²) in [6, 6.07) is 11.2. The van der Waals surface area contributed by atoms with E-state index in [9.17, 15) is 14.4 Å². The van der Waals surface area contributed by atoms with Crippen LogP contribution in [0.25, 0.3) is 0 Å². The number of carbonyl (C=O) groups is 3. The van der Waals surface area contributed by atoms with E-state index in [1.807, 2.05) is 5.32 Å². The molecule has 0 aliphatic heterocycles. The second-order valence-electron chi connectivity index (χ2n) is 4.82. The van der Waals surface area contributed by atoms with Gasteiger partial charge in [-0.3, -0.25) is 19.7 Å². The zero-order valence-electron chi connectivity index (χ0n) is 12.2. The van der Waals surface area contributed by atoms with Crippen molar-refractivity contribution in [3.63, 3.8) is 0 Å². The second kappa shape index (κ2) is 7.06. The van der Waals surface area contributed by atoms with Gasteiger partial charge in [-0.05, 0) is 55.0 Å². The standard InChI is InChI=1S/C16H14BrN3O3/c1-9-8-11(17)4-7-13(9)19-15(22)16(23)20-14(21)10-2-5-12(18)6-3-10/h2-8H,18H2,1H3,(H,19,22)(H,20,21,23). The maximum atomic E-state index is 11.9. The lowest BCUT2D eigenvalue weighted by atomic mass is 10.2. The molecule has 0 bridgehead atoms. The maximum absolute atomic E-state index is 11.9. The average Bonchev–Trinajstić information content (AvgIpc) is 2.50. The summed E-state index contributed by atoms with van der Waals surface area (Å²) in [5.74, 6) is -2.62. The number of hydrogen-bond acceptors (Lipinski definition) is 4. The van der Waals surface area contributed by atoms with E-state index in [4.69, 9.17) is 5.73 Å². The number of amides is 3. The van der Waals surface area contributed by atoms with Crippen LogP contribution in [0.15, 0.2) is 46.9 Å². The van der Waals surface area contributed by atoms with Crippen LogP contribution < -0.4 is 16.4 Å². The number of anilines is 2. The van der Waals surface area contributed by atoms with E-state index < -0.39 is 17.7 Å². The number of benzene rings is 2. The molecule has 23 heavy (non-hydrogen) atoms. The Kier molecular flexibility index (Phi) is 5.13. The SMILES string of the molecule is Cc1cc(Br)ccc1NC(=O)C(=O)NC(=O)c1ccc(N)cc1. The number of rotatable bonds is 2. The number of hydrogen-bond donors (Lipinski definition) is 3. The van der Waals surface area contributed by atoms with Crippen LogP contribution in [0.2, 0.25) is 0 Å². The first-order chi connectivity index (χ1) is 10.9. The van der Waals surface area contributed by atoms with E-state index in [1.165, 1.54) is 24.3 Å². The van der Waals surface area contributed by atoms with Crippen LogP contribution in [0.3, 0.4) is 0 Å². The van der Waals surface area contributed by atoms with Crippen LogP contribution in [0, 0.1) is 6.92 Å². The van der Waals surface area contributed by atoms with Gasteiger partial charge in [0.25, 0.3) is 5.91 Å². The molecule has 2 aromatic rings. The van der Waals surface area contributed by atoms with Gasteiger partial charge in [0.15, 0.2) is 0 Å². The minimum Gasteiger partial charge on any atom is -0.399 e. The monoisotopic (exact) mass is 375 g/mol. The summed E-state index contributed by atoms with van der Waals surface area (Å²) in [5, 5.41) is 4.49. The molecule has 2 rings (SSSR count). The lowest BCUT2D eigenvalue weighted by Crippen LogP contribution is -2.39. The fourth-order valence-corrected chi connectivity index (χ4v) is 2.29. The normalized spacial score (nSPS) is 10.0. The molecule has 0 atom stereocenters. The lowest BCUT2D eigenvalue weighted by molar-refractivity contribution is -0.135. The molecule has 0 aliphatic carbocycles. The molecule has 118 valence electrons. The van der Waals surface area contributed by atoms with Crippen molar-refractivity contribution < 1.29 is 14.4 Å². The van der Waals surface area contributed by atoms with Crippen LogP contribution in [-0.2, 0) is 9.59 Å². The Labute approximate surface area is 141 Å². The Bertz CT molecular complexity index is 773. The summed E-state index contributed by atoms with van der Waals surface area (Å²) >= 11 is 3.31. The largest absolute Gasteiger partial charge is 0.399 e. The number of nitrogens with two attached hydrogens (primary N) is 1. The number of nitrogen functional groups attached to an aromatic ring is 1. The average molecular weight is 376 g/mol. The Morgan fingerprint density at radius 3 is 2.26 bits per heavy atom. The Morgan fingerprint density at radius 1 is 1.00 bits per heavy atom. The molecule has 7 heteroatoms. The van der Waals surface area contributed by atoms with E-state index in [1.54, 1.807) is 25.1 Å². The van der Waals surface area contributed by atoms with E-state index in [0.29, 0.717) is 11.4 Å². The number of imide groups is 1. The minimum absolute atomic E-state index is 0.236. The van der Waals surface area contributed by atoms with Gasteiger partial charge < -0.3 is 11.1 Å². The zero-order valence-corrected chi connectivity index (χ0v) is 13.8. The van der Waals surface area contributed by atoms with Gasteiger partial charge in [-0.2, -0.15) is 0 Å². The summed E-state index contributed by atoms with van der Waals surface area (Å²) in [5.41, 5.74) is 7.53. The molecule has 6 nitrogen and oxygen atoms in total. The Balaban J connectivity index is 2.01. The third-order valence-electron chi connectivity index (χ3n) is 3.04. The van der Waals surface area contributed by atoms with Gasteiger partial charge in [-0.25, -0.2) is 0 Å². The molecule has 0 saturated heterocycles. The van der Waals surface area contributed by atoms with Crippen molar-refractivity contribution >= 4 is 45.0 Å². The van der Waals surface area contributed by atoms with Crippen molar-refractivity contribution in [3.8, 4) is 0 Å². The van der Waals surface area contributed by atoms with Crippen molar-refractivity contribution in [2.45, 2.75) is 6.92 Å². The Hall–Kier alpha value is -2.67. The summed E-state index contributed by atoms with van der Waals surface area (Å²) < 4.78 is 0.857. The van der Waals surface area contributed by atoms with E-state index in [2.05, 4.69) is 21.2 Å². The zero-order chi connectivity index (χ0) is 17.0. The van der Waals surface area contributed by atoms with Gasteiger partial charge in [-0.1, -0.05) is 15.9 Å². The van der Waals surface area contributed by atoms with Crippen molar-refractivity contribution in [1.29, 1.82) is 0 Å². The molecule has 0 radical (unpaired) electrons. The number of aryl methyl sites for hydroxylation is 1. The van der Waals surface area contributed by atoms with Crippen molar-refractivity contribution in [2.24, 2.45) is 0 Å². The van der Waals surface area contributed by atoms with Gasteiger partial charge in [0, 0.05) is 21.4 Å². The third kappa shape index (κ3) is 4.40. The summed E-state index contributed by atoms with van der Waals surface area (Å²) in [7, 11) is 0. The molecule has 4 N–H and O–H groups in total. The molecule has 0 heterocycles. The highest BCUT2D eigenvalue weighted by Gasteiger charge is 2.18. The van der Waals surface area contributed by atoms with Gasteiger partial charge in [0.05, 0.1) is 0 Å². The molecular weight excluding hydrogens is 362 g/mol. The molecule has 0 saturated carbocycles. The van der Waals surface area contributed by atoms with Crippen LogP contribution in [0.1, 0.15) is 15.9 Å². The van der Waals surface area contributed by atoms with E-state index in [-0.39, 0.29) is 5.56 Å². The number of halogens is 1. The van der Waals surface area contributed by atoms with Crippen LogP contribution in [-0.4, -0.2) is 17.7 Å². The van der Waals surface area contributed by atoms with Gasteiger partial charge in [0.2, 0.25) is 0 Å². The fraction of sp³-hybridized carbons (Fsp3) is 0.0625. The van der Waals surface area contributed by atoms with Crippen molar-refractivity contribution in [1.82, 2.24) is 5.32 Å². The second-order valence-corrected chi connectivity index (χ2v) is 5.73. The van der Waals surface area contributed by atoms with Crippen LogP contribution in [0.4, 0.5) is 11.4 Å². The topological polar surface area (TPSA) is 101 Å². The first kappa shape index (κ1) is 16.7. The third-order valence-corrected chi connectivity index (χ3v) is 3.54. The Morgan fingerprint density at radius 2 is 1.65 bits per heavy atom. The summed E-state index contributed by atoms with van der Waals surface area (Å²) in [6.45, 7) is 1.79. The quantitative estimate of drug-likeness (QED) is 0.553. The molecule has 0 fully saturated rings. The van der Waals surface area contributed by atoms with Gasteiger partial charge >= 0.3 is 11.8 Å². The fourth-order valence-electron chi connectivity index (χ4n) is 1.81. The molecule has 3 amide bonds. The minimum atomic E-state index is -1.03. The molecular formula is C16H14BrN3O3. The predicted molar refractivity (Wildman–Crippen MR) is 90.8 cm³/mol. The molecule has 0 aliphatic rings. The first-order valence-corrected chi connectivity index (χ1v) is 7.44. The van der Waals surface area contributed by atoms with Crippen LogP contribution in [0.5, 0.6) is 0 Å². The van der Waals surface area contributed by atoms with Gasteiger partial charge in [-0.15, -0.1) is 0 Å². The van der Waals surface area contributed by atoms with Crippen LogP contribution >= 0.6 is 15.9 Å². The number of nitrogens with one attached hydrogen (secondary N) is 2. The van der Waals surface area contributed by atoms with E-state index in [0.717, 1.165) is 10.0 Å². The van der Waals surface area contributed by atoms with Gasteiger partial charge in [0.1, 0.15) is 0 Å². The highest BCUT2D eigenvalue weighted by atomic mass is 79.9. The maximum Gasteiger partial charge on any atom is 0.316 e. The predicted octanol–water partition coefficient (Wildman–Crippen LogP) is 2.23. The van der Waals surface area contributed by atoms with Crippen molar-refractivity contribution in [3.05, 3.63) is 58.1 Å². The highest BCUT2D eigenvalue weighted by Crippen LogP contribution is 2.19. The number of carbonyl (C=O) groups excluding carboxylic acids is 3. The lowest BCUT2D eigenvalue weighted by Gasteiger charge is -2.08. The molecule has 0 aromatic heterocycles. The summed E-state index contributed by atoms with van der Waals surface area (Å²) in [6.07, 6.45) is 0. The smallest absolute Gasteiger partial charge is 0.316 e. The molecule has 2 aromatic carbocycles.